The van der Waals surface area contributed by atoms with Gasteiger partial charge >= 0.3 is 0 Å². The zero-order chi connectivity index (χ0) is 76.5. The summed E-state index contributed by atoms with van der Waals surface area (Å²) < 4.78 is 56.4. The first-order chi connectivity index (χ1) is 50.7. The number of hydrogen-bond donors (Lipinski definition) is 27. The minimum absolute atomic E-state index is 0.0503. The van der Waals surface area contributed by atoms with Crippen molar-refractivity contribution in [1.29, 1.82) is 0 Å². The molecule has 13 unspecified atom stereocenters. The van der Waals surface area contributed by atoms with Crippen molar-refractivity contribution in [3.8, 4) is 0 Å². The number of hydrogen-bond acceptors (Lipinski definition) is 38. The van der Waals surface area contributed by atoms with Crippen LogP contribution in [0.5, 0.6) is 0 Å². The Labute approximate surface area is 597 Å². The highest BCUT2D eigenvalue weighted by Crippen LogP contribution is 2.37. The molecule has 0 radical (unpaired) electrons. The number of aromatic nitrogens is 8. The molecule has 3 amide bonds. The Morgan fingerprint density at radius 2 is 0.887 bits per heavy atom. The number of fused-ring (bicyclic) bond motifs is 1. The molecule has 10 rings (SSSR count). The molecule has 5 aliphatic heterocycles. The number of imidazole rings is 4. The average molecular weight is 1520 g/mol. The van der Waals surface area contributed by atoms with E-state index in [1.807, 2.05) is 0 Å². The van der Waals surface area contributed by atoms with Gasteiger partial charge in [0, 0.05) is 60.5 Å². The minimum Gasteiger partial charge on any atom is -0.394 e. The van der Waals surface area contributed by atoms with Gasteiger partial charge < -0.3 is 190 Å². The normalized spacial score (nSPS) is 35.7. The lowest BCUT2D eigenvalue weighted by Crippen LogP contribution is -2.68. The Morgan fingerprint density at radius 3 is 1.30 bits per heavy atom. The fourth-order valence-corrected chi connectivity index (χ4v) is 12.7. The summed E-state index contributed by atoms with van der Waals surface area (Å²) >= 11 is 0. The Bertz CT molecular complexity index is 3550. The van der Waals surface area contributed by atoms with Crippen LogP contribution in [0.15, 0.2) is 55.8 Å². The number of amides is 3. The van der Waals surface area contributed by atoms with Gasteiger partial charge in [-0.25, -0.2) is 19.9 Å². The maximum atomic E-state index is 14.2. The fraction of sp³-hybridized carbons (Fsp3) is 0.672. The van der Waals surface area contributed by atoms with E-state index in [0.717, 1.165) is 0 Å². The molecule has 45 heteroatoms. The first-order valence-corrected chi connectivity index (χ1v) is 33.3. The maximum absolute atomic E-state index is 14.2. The van der Waals surface area contributed by atoms with E-state index < -0.39 is 259 Å². The van der Waals surface area contributed by atoms with Gasteiger partial charge in [0.25, 0.3) is 5.91 Å². The van der Waals surface area contributed by atoms with E-state index in [4.69, 9.17) is 47.4 Å². The number of ether oxygens (including phenoxy) is 10. The standard InChI is InChI=1S/C61H87N11O34/c73-10-24(4-21-7-62-17-65-21)68-55(95)27(5-22-8-63-18-66-22)72-56(96)28(6-23-9-64-19-67-23)71-54(94)20-1-2-25-26(3-20)70-53(69-25)42(88)37(83)48(29(80)11-74)102-58-44(90)38(84)50(31(13-76)98-58)104-60-46(92)40(86)52(33(15-78)100-60)106-61-47(93)41(87)51(34(16-79)101-61)105-59-45(91)39(85)49(32(14-77)99-59)103-57-43(89)36(82)35(81)30(12-75)97-57/h1-3,7-10,17-19,24,27-52,57-61,74-93H,4-6,11-16H2,(H,62,65)(H,63,66)(H,64,67)(H,68,95)(H,69,70)(H,71,94)(H,72,96)/t24?,27-,28-,29?,30?,31?,32?,33?,34?,35+,36-,37+,38+,39+,40+,41+,42?,43?,44?,45?,46?,47?,48+,49+,50+,51+,52+,57+,58+,59+,60+,61+/m0/s1. The molecule has 5 aliphatic rings. The van der Waals surface area contributed by atoms with Crippen molar-refractivity contribution in [2.75, 3.05) is 39.6 Å². The number of nitrogens with zero attached hydrogens (tertiary/aromatic N) is 4. The number of aromatic amines is 4. The molecule has 5 saturated heterocycles. The first kappa shape index (κ1) is 81.7. The minimum atomic E-state index is -2.32. The monoisotopic (exact) mass is 1520 g/mol. The molecule has 5 aromatic rings. The molecule has 0 bridgehead atoms. The second-order valence-electron chi connectivity index (χ2n) is 25.7. The van der Waals surface area contributed by atoms with Crippen LogP contribution >= 0.6 is 0 Å². The summed E-state index contributed by atoms with van der Waals surface area (Å²) in [5.74, 6) is -2.86. The van der Waals surface area contributed by atoms with E-state index >= 15 is 0 Å². The van der Waals surface area contributed by atoms with Crippen LogP contribution in [0.3, 0.4) is 0 Å². The lowest BCUT2D eigenvalue weighted by molar-refractivity contribution is -0.394. The highest BCUT2D eigenvalue weighted by atomic mass is 16.8. The zero-order valence-corrected chi connectivity index (χ0v) is 55.6. The average Bonchev–Trinajstić information content (AvgIpc) is 0.897. The number of H-pyrrole nitrogens is 4. The molecule has 32 atom stereocenters. The van der Waals surface area contributed by atoms with Gasteiger partial charge in [-0.2, -0.15) is 0 Å². The van der Waals surface area contributed by atoms with Gasteiger partial charge in [-0.15, -0.1) is 0 Å². The third-order valence-electron chi connectivity index (χ3n) is 18.6. The number of benzene rings is 1. The SMILES string of the molecule is O=CC(Cc1cnc[nH]1)NC(=O)[C@H](Cc1cnc[nH]1)NC(=O)[C@H](Cc1cnc[nH]1)NC(=O)c1ccc2nc(C(O)[C@@H](O)[C@H](O[C@H]3OC(CO)[C@@H](O[C@H]4OC(CO)[C@@H](O[C@H]5OC(CO)[C@@H](O[C@H]6OC(CO)[C@@H](O[C@H]7OC(CO)[C@@H](O)[C@H](O)C7O)[C@H](O)C6O)[C@H](O)C5O)[C@H](O)C4O)[C@H](O)C3O)C(O)CO)[nH]c2c1. The highest BCUT2D eigenvalue weighted by Gasteiger charge is 2.57. The molecule has 0 saturated carbocycles. The molecule has 590 valence electrons. The van der Waals surface area contributed by atoms with E-state index in [2.05, 4.69) is 55.8 Å². The molecule has 4 aromatic heterocycles. The van der Waals surface area contributed by atoms with Crippen molar-refractivity contribution in [2.24, 2.45) is 0 Å². The zero-order valence-electron chi connectivity index (χ0n) is 55.6. The van der Waals surface area contributed by atoms with E-state index in [-0.39, 0.29) is 35.9 Å². The van der Waals surface area contributed by atoms with Gasteiger partial charge in [0.05, 0.1) is 75.7 Å². The lowest BCUT2D eigenvalue weighted by Gasteiger charge is -2.49. The number of aliphatic hydroxyl groups excluding tert-OH is 20. The van der Waals surface area contributed by atoms with Gasteiger partial charge in [0.2, 0.25) is 11.8 Å². The van der Waals surface area contributed by atoms with E-state index in [1.165, 1.54) is 55.8 Å². The molecular formula is C61H87N11O34. The smallest absolute Gasteiger partial charge is 0.252 e. The molecule has 9 heterocycles. The van der Waals surface area contributed by atoms with Crippen molar-refractivity contribution in [1.82, 2.24) is 55.8 Å². The molecule has 45 nitrogen and oxygen atoms in total. The summed E-state index contributed by atoms with van der Waals surface area (Å²) in [6.07, 6.45) is -49.9. The number of aliphatic hydroxyl groups is 20. The second-order valence-corrected chi connectivity index (χ2v) is 25.7. The predicted molar refractivity (Wildman–Crippen MR) is 337 cm³/mol. The van der Waals surface area contributed by atoms with Crippen LogP contribution in [-0.4, -0.2) is 396 Å². The maximum Gasteiger partial charge on any atom is 0.252 e. The second kappa shape index (κ2) is 36.6. The van der Waals surface area contributed by atoms with Crippen LogP contribution in [0, 0.1) is 0 Å². The van der Waals surface area contributed by atoms with Crippen LogP contribution < -0.4 is 16.0 Å². The van der Waals surface area contributed by atoms with Gasteiger partial charge in [-0.05, 0) is 18.2 Å². The topological polar surface area (TPSA) is 716 Å². The number of carbonyl (C=O) groups is 4. The summed E-state index contributed by atoms with van der Waals surface area (Å²) in [7, 11) is 0. The largest absolute Gasteiger partial charge is 0.394 e. The van der Waals surface area contributed by atoms with Crippen LogP contribution in [0.25, 0.3) is 11.0 Å². The first-order valence-electron chi connectivity index (χ1n) is 33.3. The summed E-state index contributed by atoms with van der Waals surface area (Å²) in [5.41, 5.74) is 1.41. The molecule has 106 heavy (non-hydrogen) atoms. The van der Waals surface area contributed by atoms with Crippen LogP contribution in [0.2, 0.25) is 0 Å². The molecule has 0 spiro atoms. The Hall–Kier alpha value is -6.80. The molecule has 1 aromatic carbocycles. The molecular weight excluding hydrogens is 1430 g/mol. The van der Waals surface area contributed by atoms with Gasteiger partial charge in [0.1, 0.15) is 171 Å². The quantitative estimate of drug-likeness (QED) is 0.0173. The number of rotatable bonds is 33. The van der Waals surface area contributed by atoms with E-state index in [0.29, 0.717) is 23.4 Å². The van der Waals surface area contributed by atoms with E-state index in [1.54, 1.807) is 0 Å². The summed E-state index contributed by atoms with van der Waals surface area (Å²) in [5, 5.41) is 225. The van der Waals surface area contributed by atoms with Crippen molar-refractivity contribution in [2.45, 2.75) is 215 Å². The summed E-state index contributed by atoms with van der Waals surface area (Å²) in [6, 6.07) is 0.142. The van der Waals surface area contributed by atoms with Crippen LogP contribution in [0.4, 0.5) is 0 Å². The summed E-state index contributed by atoms with van der Waals surface area (Å²) in [4.78, 5) is 81.5. The van der Waals surface area contributed by atoms with Gasteiger partial charge in [0.15, 0.2) is 31.5 Å². The van der Waals surface area contributed by atoms with Crippen LogP contribution in [-0.2, 0) is 81.0 Å². The van der Waals surface area contributed by atoms with Gasteiger partial charge in [-0.1, -0.05) is 0 Å². The highest BCUT2D eigenvalue weighted by molar-refractivity contribution is 6.00. The van der Waals surface area contributed by atoms with Crippen molar-refractivity contribution >= 4 is 35.0 Å². The number of aldehydes is 1. The predicted octanol–water partition coefficient (Wildman–Crippen LogP) is -14.0. The Kier molecular flexibility index (Phi) is 28.2. The fourth-order valence-electron chi connectivity index (χ4n) is 12.7. The number of nitrogens with one attached hydrogen (secondary N) is 7. The molecule has 5 fully saturated rings. The van der Waals surface area contributed by atoms with Crippen molar-refractivity contribution in [3.05, 3.63) is 84.2 Å². The third-order valence-corrected chi connectivity index (χ3v) is 18.6. The van der Waals surface area contributed by atoms with Crippen molar-refractivity contribution in [3.63, 3.8) is 0 Å². The lowest BCUT2D eigenvalue weighted by atomic mass is 9.95. The molecule has 27 N–H and O–H groups in total. The Morgan fingerprint density at radius 1 is 0.491 bits per heavy atom. The van der Waals surface area contributed by atoms with Crippen molar-refractivity contribution < 1.29 is 169 Å². The summed E-state index contributed by atoms with van der Waals surface area (Å²) in [6.45, 7) is -6.31. The van der Waals surface area contributed by atoms with Gasteiger partial charge in [-0.3, -0.25) is 14.4 Å². The Balaban J connectivity index is 0.747. The van der Waals surface area contributed by atoms with Crippen LogP contribution in [0.1, 0.15) is 39.4 Å². The third kappa shape index (κ3) is 18.4. The number of carbonyl (C=O) groups excluding carboxylic acids is 4. The molecule has 0 aliphatic carbocycles. The van der Waals surface area contributed by atoms with E-state index in [9.17, 15) is 121 Å².